The molecule has 1 atom stereocenters. The summed E-state index contributed by atoms with van der Waals surface area (Å²) < 4.78 is 65.9. The molecule has 10 nitrogen and oxygen atoms in total. The molecule has 0 saturated carbocycles. The van der Waals surface area contributed by atoms with Crippen LogP contribution in [0.5, 0.6) is 0 Å². The van der Waals surface area contributed by atoms with Gasteiger partial charge in [0.15, 0.2) is 0 Å². The van der Waals surface area contributed by atoms with Gasteiger partial charge in [-0.05, 0) is 6.07 Å². The minimum absolute atomic E-state index is 0.0869. The van der Waals surface area contributed by atoms with Gasteiger partial charge in [0.05, 0.1) is 29.3 Å². The Morgan fingerprint density at radius 2 is 1.97 bits per heavy atom. The van der Waals surface area contributed by atoms with Crippen LogP contribution >= 0.6 is 0 Å². The lowest BCUT2D eigenvalue weighted by molar-refractivity contribution is 0.0565. The highest BCUT2D eigenvalue weighted by atomic mass is 19.3. The molecule has 1 aromatic carbocycles. The molecular weight excluding hydrogens is 486 g/mol. The van der Waals surface area contributed by atoms with Crippen molar-refractivity contribution >= 4 is 16.9 Å². The van der Waals surface area contributed by atoms with Crippen molar-refractivity contribution in [3.05, 3.63) is 71.6 Å². The first-order valence-corrected chi connectivity index (χ1v) is 10.7. The third-order valence-electron chi connectivity index (χ3n) is 5.97. The summed E-state index contributed by atoms with van der Waals surface area (Å²) in [5, 5.41) is 11.2. The summed E-state index contributed by atoms with van der Waals surface area (Å²) in [6.45, 7) is -2.76. The molecule has 0 bridgehead atoms. The first-order chi connectivity index (χ1) is 17.4. The summed E-state index contributed by atoms with van der Waals surface area (Å²) in [4.78, 5) is 22.0. The van der Waals surface area contributed by atoms with E-state index in [0.29, 0.717) is 22.5 Å². The average molecular weight is 501 g/mol. The summed E-state index contributed by atoms with van der Waals surface area (Å²) in [7, 11) is 0. The molecule has 1 unspecified atom stereocenters. The maximum Gasteiger partial charge on any atom is 0.333 e. The first-order valence-electron chi connectivity index (χ1n) is 10.7. The van der Waals surface area contributed by atoms with Crippen LogP contribution in [-0.4, -0.2) is 47.3 Å². The van der Waals surface area contributed by atoms with Crippen molar-refractivity contribution in [1.29, 1.82) is 0 Å². The maximum absolute atomic E-state index is 14.3. The van der Waals surface area contributed by atoms with E-state index >= 15 is 0 Å². The molecule has 184 valence electrons. The molecule has 0 spiro atoms. The number of nitrogens with zero attached hydrogens (tertiary/aromatic N) is 6. The lowest BCUT2D eigenvalue weighted by atomic mass is 9.97. The lowest BCUT2D eigenvalue weighted by Gasteiger charge is -2.33. The van der Waals surface area contributed by atoms with Crippen LogP contribution in [0.4, 0.5) is 17.6 Å². The zero-order chi connectivity index (χ0) is 25.0. The van der Waals surface area contributed by atoms with E-state index in [1.165, 1.54) is 17.3 Å². The Kier molecular flexibility index (Phi) is 5.09. The van der Waals surface area contributed by atoms with E-state index in [0.717, 1.165) is 12.4 Å². The van der Waals surface area contributed by atoms with E-state index in [2.05, 4.69) is 25.3 Å². The van der Waals surface area contributed by atoms with E-state index in [1.807, 2.05) is 0 Å². The Labute approximate surface area is 198 Å². The molecule has 0 saturated heterocycles. The van der Waals surface area contributed by atoms with Gasteiger partial charge >= 0.3 is 18.3 Å². The number of halogens is 4. The monoisotopic (exact) mass is 501 g/mol. The van der Waals surface area contributed by atoms with Gasteiger partial charge in [0, 0.05) is 30.2 Å². The van der Waals surface area contributed by atoms with Crippen LogP contribution in [0.1, 0.15) is 52.4 Å². The van der Waals surface area contributed by atoms with Gasteiger partial charge in [-0.3, -0.25) is 4.79 Å². The lowest BCUT2D eigenvalue weighted by Crippen LogP contribution is -2.41. The molecule has 1 amide bonds. The van der Waals surface area contributed by atoms with E-state index < -0.39 is 30.8 Å². The van der Waals surface area contributed by atoms with Gasteiger partial charge in [-0.25, -0.2) is 18.4 Å². The normalized spacial score (nSPS) is 15.8. The number of hydrogen-bond donors (Lipinski definition) is 1. The van der Waals surface area contributed by atoms with Crippen molar-refractivity contribution in [3.8, 4) is 11.5 Å². The smallest absolute Gasteiger partial charge is 0.333 e. The zero-order valence-corrected chi connectivity index (χ0v) is 18.1. The second-order valence-electron chi connectivity index (χ2n) is 7.99. The minimum Gasteiger partial charge on any atom is -0.458 e. The number of fused-ring (bicyclic) bond motifs is 2. The van der Waals surface area contributed by atoms with Crippen LogP contribution in [0.2, 0.25) is 0 Å². The van der Waals surface area contributed by atoms with Crippen molar-refractivity contribution in [3.63, 3.8) is 0 Å². The number of hydrogen-bond acceptors (Lipinski definition) is 7. The molecule has 0 aliphatic carbocycles. The van der Waals surface area contributed by atoms with Crippen molar-refractivity contribution in [2.24, 2.45) is 0 Å². The minimum atomic E-state index is -2.88. The molecule has 1 aliphatic rings. The Bertz CT molecular complexity index is 1570. The number of rotatable bonds is 5. The summed E-state index contributed by atoms with van der Waals surface area (Å²) in [6.07, 6.45) is 0.990. The van der Waals surface area contributed by atoms with Crippen molar-refractivity contribution < 1.29 is 31.2 Å². The predicted octanol–water partition coefficient (Wildman–Crippen LogP) is 4.52. The number of alkyl halides is 4. The number of carbonyl (C=O) groups excluding carboxylic acids is 1. The topological polar surface area (TPSA) is 119 Å². The van der Waals surface area contributed by atoms with Gasteiger partial charge in [-0.1, -0.05) is 18.2 Å². The highest BCUT2D eigenvalue weighted by Gasteiger charge is 2.41. The number of para-hydroxylation sites is 1. The van der Waals surface area contributed by atoms with Crippen LogP contribution in [0.15, 0.2) is 51.8 Å². The first kappa shape index (κ1) is 22.0. The summed E-state index contributed by atoms with van der Waals surface area (Å²) >= 11 is 0. The number of aromatic amines is 1. The van der Waals surface area contributed by atoms with Crippen molar-refractivity contribution in [2.75, 3.05) is 6.54 Å². The number of imidazole rings is 1. The van der Waals surface area contributed by atoms with Crippen LogP contribution in [-0.2, 0) is 6.42 Å². The third kappa shape index (κ3) is 3.44. The average Bonchev–Trinajstić information content (AvgIpc) is 3.66. The van der Waals surface area contributed by atoms with Gasteiger partial charge in [-0.2, -0.15) is 13.9 Å². The Morgan fingerprint density at radius 3 is 2.75 bits per heavy atom. The molecule has 1 aliphatic heterocycles. The van der Waals surface area contributed by atoms with E-state index in [4.69, 9.17) is 8.83 Å². The molecule has 0 radical (unpaired) electrons. The van der Waals surface area contributed by atoms with Crippen LogP contribution in [0, 0.1) is 0 Å². The van der Waals surface area contributed by atoms with Gasteiger partial charge in [0.1, 0.15) is 17.4 Å². The zero-order valence-electron chi connectivity index (χ0n) is 18.1. The second-order valence-corrected chi connectivity index (χ2v) is 7.99. The predicted molar refractivity (Wildman–Crippen MR) is 113 cm³/mol. The Hall–Kier alpha value is -4.49. The maximum atomic E-state index is 14.3. The quantitative estimate of drug-likeness (QED) is 0.352. The van der Waals surface area contributed by atoms with Crippen LogP contribution in [0.3, 0.4) is 0 Å². The van der Waals surface area contributed by atoms with Gasteiger partial charge < -0.3 is 18.7 Å². The summed E-state index contributed by atoms with van der Waals surface area (Å²) in [5.74, 6) is -1.52. The van der Waals surface area contributed by atoms with Crippen molar-refractivity contribution in [1.82, 2.24) is 34.8 Å². The third-order valence-corrected chi connectivity index (χ3v) is 5.97. The number of furan rings is 1. The molecule has 4 aromatic heterocycles. The number of amides is 1. The van der Waals surface area contributed by atoms with E-state index in [9.17, 15) is 22.4 Å². The van der Waals surface area contributed by atoms with Crippen LogP contribution in [0.25, 0.3) is 22.4 Å². The highest BCUT2D eigenvalue weighted by Crippen LogP contribution is 2.43. The molecule has 1 N–H and O–H groups in total. The fourth-order valence-electron chi connectivity index (χ4n) is 4.38. The number of aromatic nitrogens is 6. The molecular formula is C22H15F4N7O3. The second kappa shape index (κ2) is 8.32. The van der Waals surface area contributed by atoms with E-state index in [-0.39, 0.29) is 40.3 Å². The summed E-state index contributed by atoms with van der Waals surface area (Å²) in [5.41, 5.74) is 1.02. The largest absolute Gasteiger partial charge is 0.458 e. The van der Waals surface area contributed by atoms with Gasteiger partial charge in [0.25, 0.3) is 12.3 Å². The van der Waals surface area contributed by atoms with Gasteiger partial charge in [0.2, 0.25) is 0 Å². The van der Waals surface area contributed by atoms with Crippen molar-refractivity contribution in [2.45, 2.75) is 25.4 Å². The fraction of sp³-hybridized carbons (Fsp3) is 0.227. The summed E-state index contributed by atoms with van der Waals surface area (Å²) in [6, 6.07) is 5.27. The number of H-pyrrole nitrogens is 1. The van der Waals surface area contributed by atoms with E-state index in [1.54, 1.807) is 18.2 Å². The molecule has 14 heteroatoms. The molecule has 5 aromatic rings. The molecule has 36 heavy (non-hydrogen) atoms. The van der Waals surface area contributed by atoms with Gasteiger partial charge in [-0.15, -0.1) is 10.2 Å². The Morgan fingerprint density at radius 1 is 1.14 bits per heavy atom. The molecule has 5 heterocycles. The standard InChI is InChI=1S/C22H15F4N7O3/c23-18(24)14-11-3-1-2-4-13(11)35-17(14)16-15-12(27-9-28-15)5-6-32(16)21(34)20-31-30-19(36-20)10-7-29-33(8-10)22(25)26/h1-4,7-9,16,18,22H,5-6H2,(H,27,28). The molecule has 0 fully saturated rings. The number of carbonyl (C=O) groups is 1. The van der Waals surface area contributed by atoms with Crippen LogP contribution < -0.4 is 0 Å². The number of benzene rings is 1. The SMILES string of the molecule is O=C(c1nnc(-c2cnn(C(F)F)c2)o1)N1CCc2[nH]cnc2C1c1oc2ccccc2c1C(F)F. The fourth-order valence-corrected chi connectivity index (χ4v) is 4.38. The number of nitrogens with one attached hydrogen (secondary N) is 1. The highest BCUT2D eigenvalue weighted by molar-refractivity contribution is 5.91. The molecule has 6 rings (SSSR count). The Balaban J connectivity index is 1.42.